The van der Waals surface area contributed by atoms with Gasteiger partial charge in [-0.25, -0.2) is 0 Å². The third kappa shape index (κ3) is 6.19. The highest BCUT2D eigenvalue weighted by Gasteiger charge is 2.45. The number of likely N-dealkylation sites (N-methyl/N-ethyl adjacent to an activating group) is 1. The number of amides is 2. The molecular formula is C30H31N3O4. The van der Waals surface area contributed by atoms with Gasteiger partial charge in [-0.2, -0.15) is 0 Å². The first-order chi connectivity index (χ1) is 17.8. The van der Waals surface area contributed by atoms with Crippen LogP contribution in [0.3, 0.4) is 0 Å². The quantitative estimate of drug-likeness (QED) is 0.483. The van der Waals surface area contributed by atoms with Gasteiger partial charge in [0.15, 0.2) is 11.6 Å². The molecule has 0 spiro atoms. The second-order valence-corrected chi connectivity index (χ2v) is 9.52. The van der Waals surface area contributed by atoms with Crippen molar-refractivity contribution < 1.29 is 19.2 Å². The fourth-order valence-electron chi connectivity index (χ4n) is 4.75. The standard InChI is InChI=1S/C30H31N3O4/c1-32(2)26(34)20-33-18-24(28(35)21-12-6-3-7-13-21)27(31-30(37)23-16-10-5-11-17-23)25(19-33)29(36)22-14-8-4-9-15-22/h3-17,24-25,27H,18-20H2,1-2H3,(H,31,37)/t24-,25+,27?. The van der Waals surface area contributed by atoms with Gasteiger partial charge in [0, 0.05) is 43.9 Å². The van der Waals surface area contributed by atoms with E-state index in [4.69, 9.17) is 0 Å². The Balaban J connectivity index is 1.74. The monoisotopic (exact) mass is 497 g/mol. The molecule has 7 heteroatoms. The van der Waals surface area contributed by atoms with E-state index in [-0.39, 0.29) is 43.0 Å². The van der Waals surface area contributed by atoms with Crippen LogP contribution in [0.25, 0.3) is 0 Å². The number of rotatable bonds is 8. The molecule has 0 aliphatic carbocycles. The molecule has 1 N–H and O–H groups in total. The van der Waals surface area contributed by atoms with Gasteiger partial charge in [-0.05, 0) is 12.1 Å². The Morgan fingerprint density at radius 1 is 0.703 bits per heavy atom. The Labute approximate surface area is 217 Å². The van der Waals surface area contributed by atoms with Gasteiger partial charge in [-0.15, -0.1) is 0 Å². The van der Waals surface area contributed by atoms with Crippen LogP contribution in [-0.4, -0.2) is 73.0 Å². The van der Waals surface area contributed by atoms with Crippen LogP contribution in [0.5, 0.6) is 0 Å². The maximum atomic E-state index is 13.8. The molecule has 37 heavy (non-hydrogen) atoms. The SMILES string of the molecule is CN(C)C(=O)CN1C[C@H](C(=O)c2ccccc2)C(NC(=O)c2ccccc2)[C@H](C(=O)c2ccccc2)C1. The number of nitrogens with one attached hydrogen (secondary N) is 1. The lowest BCUT2D eigenvalue weighted by molar-refractivity contribution is -0.130. The molecule has 4 rings (SSSR count). The molecule has 190 valence electrons. The van der Waals surface area contributed by atoms with Gasteiger partial charge >= 0.3 is 0 Å². The summed E-state index contributed by atoms with van der Waals surface area (Å²) >= 11 is 0. The molecule has 1 saturated heterocycles. The van der Waals surface area contributed by atoms with Crippen molar-refractivity contribution in [3.8, 4) is 0 Å². The maximum absolute atomic E-state index is 13.8. The third-order valence-corrected chi connectivity index (χ3v) is 6.76. The molecule has 1 aliphatic heterocycles. The molecule has 0 radical (unpaired) electrons. The molecule has 3 atom stereocenters. The molecule has 3 aromatic rings. The number of ketones is 2. The van der Waals surface area contributed by atoms with E-state index in [2.05, 4.69) is 5.32 Å². The number of benzene rings is 3. The van der Waals surface area contributed by atoms with Gasteiger partial charge in [0.05, 0.1) is 24.4 Å². The average molecular weight is 498 g/mol. The van der Waals surface area contributed by atoms with Crippen LogP contribution in [-0.2, 0) is 4.79 Å². The summed E-state index contributed by atoms with van der Waals surface area (Å²) in [6, 6.07) is 25.7. The third-order valence-electron chi connectivity index (χ3n) is 6.76. The van der Waals surface area contributed by atoms with Crippen molar-refractivity contribution >= 4 is 23.4 Å². The van der Waals surface area contributed by atoms with Crippen molar-refractivity contribution in [2.24, 2.45) is 11.8 Å². The summed E-state index contributed by atoms with van der Waals surface area (Å²) in [6.07, 6.45) is 0. The van der Waals surface area contributed by atoms with E-state index in [9.17, 15) is 19.2 Å². The van der Waals surface area contributed by atoms with Gasteiger partial charge in [0.2, 0.25) is 5.91 Å². The normalized spacial score (nSPS) is 19.6. The summed E-state index contributed by atoms with van der Waals surface area (Å²) in [6.45, 7) is 0.556. The number of hydrogen-bond donors (Lipinski definition) is 1. The Morgan fingerprint density at radius 2 is 1.11 bits per heavy atom. The molecule has 3 aromatic carbocycles. The minimum atomic E-state index is -0.751. The summed E-state index contributed by atoms with van der Waals surface area (Å²) in [4.78, 5) is 56.8. The topological polar surface area (TPSA) is 86.8 Å². The van der Waals surface area contributed by atoms with Gasteiger partial charge < -0.3 is 10.2 Å². The van der Waals surface area contributed by atoms with E-state index < -0.39 is 17.9 Å². The van der Waals surface area contributed by atoms with Crippen LogP contribution >= 0.6 is 0 Å². The van der Waals surface area contributed by atoms with Crippen molar-refractivity contribution in [3.05, 3.63) is 108 Å². The lowest BCUT2D eigenvalue weighted by Gasteiger charge is -2.43. The first kappa shape index (κ1) is 26.0. The highest BCUT2D eigenvalue weighted by atomic mass is 16.2. The smallest absolute Gasteiger partial charge is 0.251 e. The molecule has 1 heterocycles. The fraction of sp³-hybridized carbons (Fsp3) is 0.267. The Kier molecular flexibility index (Phi) is 8.25. The highest BCUT2D eigenvalue weighted by Crippen LogP contribution is 2.29. The maximum Gasteiger partial charge on any atom is 0.251 e. The molecule has 1 aliphatic rings. The molecule has 0 bridgehead atoms. The van der Waals surface area contributed by atoms with Crippen LogP contribution < -0.4 is 5.32 Å². The van der Waals surface area contributed by atoms with Crippen molar-refractivity contribution in [1.29, 1.82) is 0 Å². The van der Waals surface area contributed by atoms with Gasteiger partial charge in [-0.1, -0.05) is 78.9 Å². The number of carbonyl (C=O) groups excluding carboxylic acids is 4. The predicted molar refractivity (Wildman–Crippen MR) is 141 cm³/mol. The summed E-state index contributed by atoms with van der Waals surface area (Å²) < 4.78 is 0. The van der Waals surface area contributed by atoms with Crippen LogP contribution in [0.4, 0.5) is 0 Å². The van der Waals surface area contributed by atoms with Gasteiger partial charge in [0.1, 0.15) is 0 Å². The zero-order chi connectivity index (χ0) is 26.4. The predicted octanol–water partition coefficient (Wildman–Crippen LogP) is 3.19. The zero-order valence-corrected chi connectivity index (χ0v) is 21.0. The van der Waals surface area contributed by atoms with Crippen molar-refractivity contribution in [2.75, 3.05) is 33.7 Å². The second kappa shape index (κ2) is 11.8. The first-order valence-electron chi connectivity index (χ1n) is 12.3. The molecule has 7 nitrogen and oxygen atoms in total. The number of hydrogen-bond acceptors (Lipinski definition) is 5. The van der Waals surface area contributed by atoms with E-state index in [1.807, 2.05) is 23.1 Å². The Hall–Kier alpha value is -4.10. The number of nitrogens with zero attached hydrogens (tertiary/aromatic N) is 2. The van der Waals surface area contributed by atoms with E-state index >= 15 is 0 Å². The minimum absolute atomic E-state index is 0.0729. The molecule has 0 saturated carbocycles. The molecule has 1 fully saturated rings. The average Bonchev–Trinajstić information content (AvgIpc) is 2.94. The number of Topliss-reactive ketones (excluding diaryl/α,β-unsaturated/α-hetero) is 2. The number of likely N-dealkylation sites (tertiary alicyclic amines) is 1. The summed E-state index contributed by atoms with van der Waals surface area (Å²) in [5, 5.41) is 3.03. The summed E-state index contributed by atoms with van der Waals surface area (Å²) in [7, 11) is 3.35. The summed E-state index contributed by atoms with van der Waals surface area (Å²) in [5.41, 5.74) is 1.45. The van der Waals surface area contributed by atoms with Gasteiger partial charge in [0.25, 0.3) is 5.91 Å². The minimum Gasteiger partial charge on any atom is -0.348 e. The molecule has 0 aromatic heterocycles. The van der Waals surface area contributed by atoms with E-state index in [1.165, 1.54) is 4.90 Å². The van der Waals surface area contributed by atoms with Crippen molar-refractivity contribution in [2.45, 2.75) is 6.04 Å². The molecule has 1 unspecified atom stereocenters. The first-order valence-corrected chi connectivity index (χ1v) is 12.3. The van der Waals surface area contributed by atoms with E-state index in [0.29, 0.717) is 16.7 Å². The van der Waals surface area contributed by atoms with Crippen LogP contribution in [0, 0.1) is 11.8 Å². The number of carbonyl (C=O) groups is 4. The molecule has 2 amide bonds. The largest absolute Gasteiger partial charge is 0.348 e. The van der Waals surface area contributed by atoms with Crippen molar-refractivity contribution in [1.82, 2.24) is 15.1 Å². The lowest BCUT2D eigenvalue weighted by Crippen LogP contribution is -2.61. The number of piperidine rings is 1. The second-order valence-electron chi connectivity index (χ2n) is 9.52. The van der Waals surface area contributed by atoms with Crippen LogP contribution in [0.15, 0.2) is 91.0 Å². The Morgan fingerprint density at radius 3 is 1.51 bits per heavy atom. The van der Waals surface area contributed by atoms with Crippen LogP contribution in [0.2, 0.25) is 0 Å². The van der Waals surface area contributed by atoms with Gasteiger partial charge in [-0.3, -0.25) is 24.1 Å². The molecular weight excluding hydrogens is 466 g/mol. The highest BCUT2D eigenvalue weighted by molar-refractivity contribution is 6.03. The van der Waals surface area contributed by atoms with Crippen LogP contribution in [0.1, 0.15) is 31.1 Å². The zero-order valence-electron chi connectivity index (χ0n) is 21.0. The fourth-order valence-corrected chi connectivity index (χ4v) is 4.75. The Bertz CT molecular complexity index is 1180. The van der Waals surface area contributed by atoms with E-state index in [0.717, 1.165) is 0 Å². The van der Waals surface area contributed by atoms with E-state index in [1.54, 1.807) is 86.9 Å². The van der Waals surface area contributed by atoms with Crippen molar-refractivity contribution in [3.63, 3.8) is 0 Å². The summed E-state index contributed by atoms with van der Waals surface area (Å²) in [5.74, 6) is -2.27. The lowest BCUT2D eigenvalue weighted by atomic mass is 9.76.